The molecule has 1 aromatic rings. The quantitative estimate of drug-likeness (QED) is 0.787. The molecule has 100 valence electrons. The number of nitrogens with one attached hydrogen (secondary N) is 1. The molecule has 0 aliphatic carbocycles. The Morgan fingerprint density at radius 1 is 1.50 bits per heavy atom. The molecule has 1 atom stereocenters. The third-order valence-corrected chi connectivity index (χ3v) is 3.84. The summed E-state index contributed by atoms with van der Waals surface area (Å²) < 4.78 is 2.00. The second-order valence-corrected chi connectivity index (χ2v) is 5.23. The fourth-order valence-electron chi connectivity index (χ4n) is 2.92. The molecule has 4 heteroatoms. The fourth-order valence-corrected chi connectivity index (χ4v) is 2.92. The van der Waals surface area contributed by atoms with Crippen molar-refractivity contribution >= 4 is 5.78 Å². The number of aromatic nitrogens is 2. The molecule has 0 bridgehead atoms. The molecule has 1 saturated heterocycles. The molecule has 1 aliphatic heterocycles. The Hall–Kier alpha value is -1.16. The molecule has 1 aromatic heterocycles. The van der Waals surface area contributed by atoms with Gasteiger partial charge in [-0.2, -0.15) is 0 Å². The van der Waals surface area contributed by atoms with E-state index in [0.29, 0.717) is 5.82 Å². The molecule has 1 aliphatic rings. The number of Topliss-reactive ketones (excluding diaryl/α,β-unsaturated/α-hetero) is 1. The van der Waals surface area contributed by atoms with E-state index >= 15 is 0 Å². The van der Waals surface area contributed by atoms with E-state index in [1.54, 1.807) is 6.20 Å². The highest BCUT2D eigenvalue weighted by Crippen LogP contribution is 2.34. The Bertz CT molecular complexity index is 405. The summed E-state index contributed by atoms with van der Waals surface area (Å²) in [5, 5.41) is 3.33. The lowest BCUT2D eigenvalue weighted by molar-refractivity contribution is 0.0785. The molecule has 1 fully saturated rings. The number of hydrogen-bond donors (Lipinski definition) is 1. The summed E-state index contributed by atoms with van der Waals surface area (Å²) in [4.78, 5) is 17.1. The maximum absolute atomic E-state index is 12.8. The molecule has 0 spiro atoms. The lowest BCUT2D eigenvalue weighted by atomic mass is 9.78. The number of carbonyl (C=O) groups excluding carboxylic acids is 1. The third-order valence-electron chi connectivity index (χ3n) is 3.84. The minimum atomic E-state index is -0.217. The summed E-state index contributed by atoms with van der Waals surface area (Å²) in [5.74, 6) is 0.877. The predicted molar refractivity (Wildman–Crippen MR) is 71.7 cm³/mol. The van der Waals surface area contributed by atoms with Crippen LogP contribution in [0, 0.1) is 5.41 Å². The number of hydrogen-bond acceptors (Lipinski definition) is 3. The fraction of sp³-hybridized carbons (Fsp3) is 0.714. The molecule has 1 N–H and O–H groups in total. The van der Waals surface area contributed by atoms with Gasteiger partial charge in [-0.1, -0.05) is 20.3 Å². The lowest BCUT2D eigenvalue weighted by Crippen LogP contribution is -2.35. The van der Waals surface area contributed by atoms with Crippen molar-refractivity contribution in [3.8, 4) is 0 Å². The molecule has 1 unspecified atom stereocenters. The standard InChI is InChI=1S/C14H23N3O/c1-3-5-14(6-7-15-11-14)12(18)13-16-8-10-17(13)9-4-2/h8,10,15H,3-7,9,11H2,1-2H3. The van der Waals surface area contributed by atoms with Crippen molar-refractivity contribution in [3.63, 3.8) is 0 Å². The van der Waals surface area contributed by atoms with Crippen molar-refractivity contribution in [2.45, 2.75) is 46.1 Å². The second kappa shape index (κ2) is 5.65. The first-order valence-electron chi connectivity index (χ1n) is 7.00. The van der Waals surface area contributed by atoms with Crippen molar-refractivity contribution in [1.29, 1.82) is 0 Å². The van der Waals surface area contributed by atoms with E-state index in [9.17, 15) is 4.79 Å². The van der Waals surface area contributed by atoms with Gasteiger partial charge < -0.3 is 9.88 Å². The lowest BCUT2D eigenvalue weighted by Gasteiger charge is -2.25. The first-order valence-corrected chi connectivity index (χ1v) is 7.00. The van der Waals surface area contributed by atoms with E-state index in [-0.39, 0.29) is 11.2 Å². The maximum atomic E-state index is 12.8. The zero-order chi connectivity index (χ0) is 13.0. The van der Waals surface area contributed by atoms with Gasteiger partial charge in [-0.3, -0.25) is 4.79 Å². The van der Waals surface area contributed by atoms with Crippen LogP contribution in [0.4, 0.5) is 0 Å². The topological polar surface area (TPSA) is 46.9 Å². The average molecular weight is 249 g/mol. The van der Waals surface area contributed by atoms with Crippen LogP contribution in [-0.2, 0) is 6.54 Å². The second-order valence-electron chi connectivity index (χ2n) is 5.23. The van der Waals surface area contributed by atoms with Gasteiger partial charge in [0.1, 0.15) is 0 Å². The molecular weight excluding hydrogens is 226 g/mol. The van der Waals surface area contributed by atoms with Gasteiger partial charge in [-0.15, -0.1) is 0 Å². The van der Waals surface area contributed by atoms with Crippen molar-refractivity contribution in [2.75, 3.05) is 13.1 Å². The highest BCUT2D eigenvalue weighted by atomic mass is 16.1. The van der Waals surface area contributed by atoms with Crippen molar-refractivity contribution in [3.05, 3.63) is 18.2 Å². The van der Waals surface area contributed by atoms with Crippen molar-refractivity contribution in [2.24, 2.45) is 5.41 Å². The monoisotopic (exact) mass is 249 g/mol. The number of rotatable bonds is 6. The first kappa shape index (κ1) is 13.3. The Labute approximate surface area is 109 Å². The molecule has 0 saturated carbocycles. The molecular formula is C14H23N3O. The van der Waals surface area contributed by atoms with E-state index in [0.717, 1.165) is 45.3 Å². The number of carbonyl (C=O) groups is 1. The van der Waals surface area contributed by atoms with Crippen LogP contribution in [-0.4, -0.2) is 28.4 Å². The third kappa shape index (κ3) is 2.34. The van der Waals surface area contributed by atoms with Gasteiger partial charge in [-0.25, -0.2) is 4.98 Å². The Morgan fingerprint density at radius 3 is 2.94 bits per heavy atom. The minimum Gasteiger partial charge on any atom is -0.329 e. The average Bonchev–Trinajstić information content (AvgIpc) is 2.99. The number of imidazole rings is 1. The van der Waals surface area contributed by atoms with E-state index < -0.39 is 0 Å². The van der Waals surface area contributed by atoms with E-state index in [1.165, 1.54) is 0 Å². The van der Waals surface area contributed by atoms with Crippen molar-refractivity contribution in [1.82, 2.24) is 14.9 Å². The highest BCUT2D eigenvalue weighted by Gasteiger charge is 2.42. The van der Waals surface area contributed by atoms with Gasteiger partial charge in [0.25, 0.3) is 0 Å². The van der Waals surface area contributed by atoms with E-state index in [2.05, 4.69) is 24.1 Å². The summed E-state index contributed by atoms with van der Waals surface area (Å²) in [7, 11) is 0. The summed E-state index contributed by atoms with van der Waals surface area (Å²) in [5.41, 5.74) is -0.217. The molecule has 0 radical (unpaired) electrons. The zero-order valence-corrected chi connectivity index (χ0v) is 11.4. The van der Waals surface area contributed by atoms with Gasteiger partial charge in [-0.05, 0) is 25.8 Å². The number of ketones is 1. The maximum Gasteiger partial charge on any atom is 0.205 e. The van der Waals surface area contributed by atoms with E-state index in [1.807, 2.05) is 10.8 Å². The Balaban J connectivity index is 2.25. The number of aryl methyl sites for hydroxylation is 1. The Kier molecular flexibility index (Phi) is 4.17. The Morgan fingerprint density at radius 2 is 2.33 bits per heavy atom. The van der Waals surface area contributed by atoms with Gasteiger partial charge in [0.15, 0.2) is 5.82 Å². The molecule has 2 heterocycles. The van der Waals surface area contributed by atoms with Crippen LogP contribution in [0.5, 0.6) is 0 Å². The molecule has 0 amide bonds. The van der Waals surface area contributed by atoms with Gasteiger partial charge in [0, 0.05) is 25.5 Å². The number of nitrogens with zero attached hydrogens (tertiary/aromatic N) is 2. The van der Waals surface area contributed by atoms with Crippen LogP contribution in [0.3, 0.4) is 0 Å². The molecule has 0 aromatic carbocycles. The largest absolute Gasteiger partial charge is 0.329 e. The highest BCUT2D eigenvalue weighted by molar-refractivity contribution is 5.98. The first-order chi connectivity index (χ1) is 8.73. The summed E-state index contributed by atoms with van der Waals surface area (Å²) >= 11 is 0. The van der Waals surface area contributed by atoms with Crippen LogP contribution < -0.4 is 5.32 Å². The summed E-state index contributed by atoms with van der Waals surface area (Å²) in [6.45, 7) is 6.88. The normalized spacial score (nSPS) is 23.4. The van der Waals surface area contributed by atoms with Crippen LogP contribution in [0.1, 0.15) is 50.1 Å². The smallest absolute Gasteiger partial charge is 0.205 e. The van der Waals surface area contributed by atoms with Gasteiger partial charge in [0.05, 0.1) is 5.41 Å². The van der Waals surface area contributed by atoms with Gasteiger partial charge >= 0.3 is 0 Å². The molecule has 18 heavy (non-hydrogen) atoms. The molecule has 2 rings (SSSR count). The van der Waals surface area contributed by atoms with Crippen LogP contribution >= 0.6 is 0 Å². The minimum absolute atomic E-state index is 0.217. The van der Waals surface area contributed by atoms with Gasteiger partial charge in [0.2, 0.25) is 5.78 Å². The summed E-state index contributed by atoms with van der Waals surface area (Å²) in [6.07, 6.45) is 7.62. The van der Waals surface area contributed by atoms with Crippen LogP contribution in [0.15, 0.2) is 12.4 Å². The predicted octanol–water partition coefficient (Wildman–Crippen LogP) is 2.26. The molecule has 4 nitrogen and oxygen atoms in total. The summed E-state index contributed by atoms with van der Waals surface area (Å²) in [6, 6.07) is 0. The van der Waals surface area contributed by atoms with Crippen molar-refractivity contribution < 1.29 is 4.79 Å². The van der Waals surface area contributed by atoms with Crippen LogP contribution in [0.2, 0.25) is 0 Å². The zero-order valence-electron chi connectivity index (χ0n) is 11.4. The SMILES string of the molecule is CCCn1ccnc1C(=O)C1(CCC)CCNC1. The van der Waals surface area contributed by atoms with E-state index in [4.69, 9.17) is 0 Å². The van der Waals surface area contributed by atoms with Crippen LogP contribution in [0.25, 0.3) is 0 Å².